The average molecular weight is 528 g/mol. The van der Waals surface area contributed by atoms with Crippen LogP contribution < -0.4 is 5.56 Å². The van der Waals surface area contributed by atoms with Crippen LogP contribution in [-0.2, 0) is 12.8 Å². The molecule has 30 heavy (non-hydrogen) atoms. The Morgan fingerprint density at radius 3 is 2.73 bits per heavy atom. The van der Waals surface area contributed by atoms with Crippen molar-refractivity contribution in [3.8, 4) is 5.69 Å². The van der Waals surface area contributed by atoms with E-state index in [-0.39, 0.29) is 5.56 Å². The van der Waals surface area contributed by atoms with Crippen molar-refractivity contribution in [1.29, 1.82) is 0 Å². The van der Waals surface area contributed by atoms with Crippen LogP contribution in [0.1, 0.15) is 40.2 Å². The van der Waals surface area contributed by atoms with Crippen molar-refractivity contribution < 1.29 is 0 Å². The summed E-state index contributed by atoms with van der Waals surface area (Å²) >= 11 is 3.97. The summed E-state index contributed by atoms with van der Waals surface area (Å²) in [6, 6.07) is 10.5. The van der Waals surface area contributed by atoms with Gasteiger partial charge in [0.1, 0.15) is 11.2 Å². The van der Waals surface area contributed by atoms with Crippen LogP contribution >= 0.6 is 33.9 Å². The van der Waals surface area contributed by atoms with Crippen LogP contribution in [0.2, 0.25) is 0 Å². The predicted octanol–water partition coefficient (Wildman–Crippen LogP) is 5.23. The quantitative estimate of drug-likeness (QED) is 0.270. The summed E-state index contributed by atoms with van der Waals surface area (Å²) in [5, 5.41) is 5.25. The highest BCUT2D eigenvalue weighted by Crippen LogP contribution is 2.33. The molecule has 1 aliphatic rings. The number of hydrogen-bond donors (Lipinski definition) is 0. The zero-order valence-electron chi connectivity index (χ0n) is 16.9. The highest BCUT2D eigenvalue weighted by atomic mass is 127. The molecule has 3 heterocycles. The molecule has 0 aliphatic heterocycles. The Bertz CT molecular complexity index is 1340. The Kier molecular flexibility index (Phi) is 5.10. The van der Waals surface area contributed by atoms with Gasteiger partial charge in [0.15, 0.2) is 0 Å². The molecular formula is C23H21IN4OS. The summed E-state index contributed by atoms with van der Waals surface area (Å²) in [7, 11) is 0. The summed E-state index contributed by atoms with van der Waals surface area (Å²) in [6.07, 6.45) is 7.67. The molecule has 4 aromatic rings. The van der Waals surface area contributed by atoms with Gasteiger partial charge in [-0.1, -0.05) is 0 Å². The highest BCUT2D eigenvalue weighted by molar-refractivity contribution is 14.1. The van der Waals surface area contributed by atoms with E-state index in [1.165, 1.54) is 25.1 Å². The lowest BCUT2D eigenvalue weighted by molar-refractivity contribution is 0.699. The van der Waals surface area contributed by atoms with Crippen LogP contribution in [0.5, 0.6) is 0 Å². The summed E-state index contributed by atoms with van der Waals surface area (Å²) in [4.78, 5) is 19.8. The van der Waals surface area contributed by atoms with E-state index in [1.807, 2.05) is 0 Å². The van der Waals surface area contributed by atoms with Crippen molar-refractivity contribution in [2.75, 3.05) is 0 Å². The van der Waals surface area contributed by atoms with Crippen molar-refractivity contribution in [1.82, 2.24) is 14.2 Å². The Labute approximate surface area is 192 Å². The summed E-state index contributed by atoms with van der Waals surface area (Å²) < 4.78 is 4.79. The Balaban J connectivity index is 1.54. The minimum Gasteiger partial charge on any atom is -0.318 e. The van der Waals surface area contributed by atoms with Crippen molar-refractivity contribution in [3.05, 3.63) is 78.0 Å². The SMILES string of the molecule is Cc1cc(C=Nn2cnc3sc4c(c3c2=O)CCCC4)c(C)n1-c1ccc(I)cc1. The molecule has 0 bridgehead atoms. The summed E-state index contributed by atoms with van der Waals surface area (Å²) in [6.45, 7) is 4.16. The molecule has 1 aromatic carbocycles. The van der Waals surface area contributed by atoms with Crippen LogP contribution in [0.3, 0.4) is 0 Å². The number of fused-ring (bicyclic) bond motifs is 3. The molecule has 0 radical (unpaired) electrons. The lowest BCUT2D eigenvalue weighted by Crippen LogP contribution is -2.18. The second kappa shape index (κ2) is 7.77. The lowest BCUT2D eigenvalue weighted by atomic mass is 9.97. The van der Waals surface area contributed by atoms with Gasteiger partial charge in [-0.3, -0.25) is 4.79 Å². The van der Waals surface area contributed by atoms with Crippen LogP contribution in [-0.4, -0.2) is 20.4 Å². The Morgan fingerprint density at radius 1 is 1.17 bits per heavy atom. The molecule has 0 saturated carbocycles. The standard InChI is InChI=1S/C23H21IN4OS/c1-14-11-16(15(2)28(14)18-9-7-17(24)8-10-18)12-26-27-13-25-22-21(23(27)29)19-5-3-4-6-20(19)30-22/h7-13H,3-6H2,1-2H3. The maximum Gasteiger partial charge on any atom is 0.282 e. The van der Waals surface area contributed by atoms with Crippen LogP contribution in [0.15, 0.2) is 46.6 Å². The molecule has 0 fully saturated rings. The fourth-order valence-electron chi connectivity index (χ4n) is 4.25. The zero-order valence-corrected chi connectivity index (χ0v) is 19.8. The smallest absolute Gasteiger partial charge is 0.282 e. The fourth-order valence-corrected chi connectivity index (χ4v) is 5.83. The molecule has 152 valence electrons. The molecule has 1 aliphatic carbocycles. The summed E-state index contributed by atoms with van der Waals surface area (Å²) in [5.74, 6) is 0. The second-order valence-electron chi connectivity index (χ2n) is 7.67. The van der Waals surface area contributed by atoms with Crippen LogP contribution in [0, 0.1) is 17.4 Å². The van der Waals surface area contributed by atoms with Gasteiger partial charge in [-0.2, -0.15) is 9.78 Å². The van der Waals surface area contributed by atoms with E-state index >= 15 is 0 Å². The van der Waals surface area contributed by atoms with E-state index in [0.717, 1.165) is 52.1 Å². The van der Waals surface area contributed by atoms with Gasteiger partial charge >= 0.3 is 0 Å². The third-order valence-corrected chi connectivity index (χ3v) is 7.65. The molecule has 7 heteroatoms. The molecule has 0 N–H and O–H groups in total. The minimum atomic E-state index is -0.0675. The van der Waals surface area contributed by atoms with E-state index in [0.29, 0.717) is 0 Å². The van der Waals surface area contributed by atoms with Gasteiger partial charge in [0, 0.05) is 31.1 Å². The van der Waals surface area contributed by atoms with Gasteiger partial charge in [0.25, 0.3) is 5.56 Å². The molecular weight excluding hydrogens is 507 g/mol. The molecule has 5 rings (SSSR count). The molecule has 3 aromatic heterocycles. The number of nitrogens with zero attached hydrogens (tertiary/aromatic N) is 4. The Hall–Kier alpha value is -2.26. The van der Waals surface area contributed by atoms with E-state index < -0.39 is 0 Å². The van der Waals surface area contributed by atoms with Crippen molar-refractivity contribution >= 4 is 50.4 Å². The first kappa shape index (κ1) is 19.7. The van der Waals surface area contributed by atoms with Gasteiger partial charge in [-0.05, 0) is 98.0 Å². The van der Waals surface area contributed by atoms with E-state index in [1.54, 1.807) is 23.9 Å². The number of aromatic nitrogens is 3. The lowest BCUT2D eigenvalue weighted by Gasteiger charge is -2.10. The van der Waals surface area contributed by atoms with E-state index in [9.17, 15) is 4.79 Å². The van der Waals surface area contributed by atoms with Crippen LogP contribution in [0.25, 0.3) is 15.9 Å². The van der Waals surface area contributed by atoms with Crippen molar-refractivity contribution in [2.45, 2.75) is 39.5 Å². The molecule has 5 nitrogen and oxygen atoms in total. The summed E-state index contributed by atoms with van der Waals surface area (Å²) in [5.41, 5.74) is 5.46. The number of rotatable bonds is 3. The van der Waals surface area contributed by atoms with E-state index in [2.05, 4.69) is 81.4 Å². The molecule has 0 unspecified atom stereocenters. The second-order valence-corrected chi connectivity index (χ2v) is 10.00. The number of thiophene rings is 1. The first-order chi connectivity index (χ1) is 14.5. The maximum absolute atomic E-state index is 13.1. The normalized spacial score (nSPS) is 14.0. The van der Waals surface area contributed by atoms with Gasteiger partial charge in [0.05, 0.1) is 11.6 Å². The molecule has 0 amide bonds. The minimum absolute atomic E-state index is 0.0675. The maximum atomic E-state index is 13.1. The van der Waals surface area contributed by atoms with Gasteiger partial charge < -0.3 is 4.57 Å². The average Bonchev–Trinajstić information content (AvgIpc) is 3.25. The number of benzene rings is 1. The predicted molar refractivity (Wildman–Crippen MR) is 131 cm³/mol. The van der Waals surface area contributed by atoms with Gasteiger partial charge in [0.2, 0.25) is 0 Å². The molecule has 0 atom stereocenters. The molecule has 0 saturated heterocycles. The fraction of sp³-hybridized carbons (Fsp3) is 0.261. The first-order valence-corrected chi connectivity index (χ1v) is 11.9. The first-order valence-electron chi connectivity index (χ1n) is 10.0. The van der Waals surface area contributed by atoms with Crippen molar-refractivity contribution in [2.24, 2.45) is 5.10 Å². The third kappa shape index (κ3) is 3.33. The number of aryl methyl sites for hydroxylation is 3. The number of halogens is 1. The van der Waals surface area contributed by atoms with Gasteiger partial charge in [-0.25, -0.2) is 4.98 Å². The molecule has 0 spiro atoms. The zero-order chi connectivity index (χ0) is 20.8. The highest BCUT2D eigenvalue weighted by Gasteiger charge is 2.20. The largest absolute Gasteiger partial charge is 0.318 e. The third-order valence-electron chi connectivity index (χ3n) is 5.74. The van der Waals surface area contributed by atoms with E-state index in [4.69, 9.17) is 0 Å². The monoisotopic (exact) mass is 528 g/mol. The number of hydrogen-bond acceptors (Lipinski definition) is 4. The van der Waals surface area contributed by atoms with Crippen LogP contribution in [0.4, 0.5) is 0 Å². The van der Waals surface area contributed by atoms with Crippen molar-refractivity contribution in [3.63, 3.8) is 0 Å². The Morgan fingerprint density at radius 2 is 1.93 bits per heavy atom. The van der Waals surface area contributed by atoms with Gasteiger partial charge in [-0.15, -0.1) is 11.3 Å². The topological polar surface area (TPSA) is 52.2 Å².